The second-order valence-electron chi connectivity index (χ2n) is 8.34. The molecule has 2 saturated heterocycles. The number of rotatable bonds is 9. The number of benzene rings is 2. The fourth-order valence-corrected chi connectivity index (χ4v) is 4.57. The Morgan fingerprint density at radius 1 is 1.09 bits per heavy atom. The van der Waals surface area contributed by atoms with Crippen LogP contribution in [0.3, 0.4) is 0 Å². The zero-order valence-corrected chi connectivity index (χ0v) is 20.1. The molecule has 0 aromatic heterocycles. The summed E-state index contributed by atoms with van der Waals surface area (Å²) in [5, 5.41) is 3.36. The number of methoxy groups -OCH3 is 1. The first-order valence-electron chi connectivity index (χ1n) is 11.4. The summed E-state index contributed by atoms with van der Waals surface area (Å²) in [6.45, 7) is 4.84. The van der Waals surface area contributed by atoms with Crippen molar-refractivity contribution in [1.29, 1.82) is 0 Å². The van der Waals surface area contributed by atoms with Gasteiger partial charge in [-0.3, -0.25) is 19.4 Å². The van der Waals surface area contributed by atoms with E-state index in [1.54, 1.807) is 36.3 Å². The lowest BCUT2D eigenvalue weighted by atomic mass is 10.1. The van der Waals surface area contributed by atoms with Crippen LogP contribution in [-0.2, 0) is 20.9 Å². The van der Waals surface area contributed by atoms with E-state index in [1.165, 1.54) is 0 Å². The van der Waals surface area contributed by atoms with Crippen LogP contribution in [0.1, 0.15) is 12.0 Å². The number of morpholine rings is 1. The van der Waals surface area contributed by atoms with Crippen molar-refractivity contribution in [2.75, 3.05) is 51.8 Å². The normalized spacial score (nSPS) is 18.9. The highest BCUT2D eigenvalue weighted by molar-refractivity contribution is 7.80. The highest BCUT2D eigenvalue weighted by Crippen LogP contribution is 2.24. The molecule has 1 atom stereocenters. The third-order valence-electron chi connectivity index (χ3n) is 6.10. The van der Waals surface area contributed by atoms with Gasteiger partial charge in [0.25, 0.3) is 5.91 Å². The smallest absolute Gasteiger partial charge is 0.252 e. The van der Waals surface area contributed by atoms with Gasteiger partial charge in [-0.25, -0.2) is 0 Å². The second kappa shape index (κ2) is 11.4. The van der Waals surface area contributed by atoms with E-state index in [2.05, 4.69) is 10.2 Å². The van der Waals surface area contributed by atoms with Crippen LogP contribution >= 0.6 is 12.2 Å². The number of amides is 2. The van der Waals surface area contributed by atoms with E-state index in [4.69, 9.17) is 21.7 Å². The van der Waals surface area contributed by atoms with Crippen molar-refractivity contribution in [3.63, 3.8) is 0 Å². The first-order valence-corrected chi connectivity index (χ1v) is 11.9. The molecular formula is C25H30N4O4S. The zero-order valence-electron chi connectivity index (χ0n) is 19.3. The van der Waals surface area contributed by atoms with Crippen LogP contribution in [0.25, 0.3) is 0 Å². The van der Waals surface area contributed by atoms with Crippen molar-refractivity contribution < 1.29 is 19.1 Å². The van der Waals surface area contributed by atoms with Crippen LogP contribution in [-0.4, -0.2) is 84.2 Å². The summed E-state index contributed by atoms with van der Waals surface area (Å²) < 4.78 is 10.6. The number of hydrogen-bond donors (Lipinski definition) is 1. The standard InChI is InChI=1S/C25H30N4O4S/c1-32-21-9-7-20(8-10-21)26-23(30)17-22-24(31)29(18-19-5-3-2-4-6-19)25(34)28(22)12-11-27-13-15-33-16-14-27/h2-10,22H,11-18H2,1H3,(H,26,30)/t22-/m1/s1. The lowest BCUT2D eigenvalue weighted by Gasteiger charge is -2.30. The molecule has 1 N–H and O–H groups in total. The number of carbonyl (C=O) groups is 2. The summed E-state index contributed by atoms with van der Waals surface area (Å²) in [5.41, 5.74) is 1.65. The molecule has 0 spiro atoms. The molecule has 4 rings (SSSR count). The molecule has 2 fully saturated rings. The molecule has 2 amide bonds. The number of nitrogens with zero attached hydrogens (tertiary/aromatic N) is 3. The Morgan fingerprint density at radius 2 is 1.79 bits per heavy atom. The predicted molar refractivity (Wildman–Crippen MR) is 134 cm³/mol. The summed E-state index contributed by atoms with van der Waals surface area (Å²) in [7, 11) is 1.59. The number of thiocarbonyl (C=S) groups is 1. The molecule has 0 aliphatic carbocycles. The highest BCUT2D eigenvalue weighted by atomic mass is 32.1. The molecule has 8 nitrogen and oxygen atoms in total. The Balaban J connectivity index is 1.46. The maximum absolute atomic E-state index is 13.4. The van der Waals surface area contributed by atoms with Gasteiger partial charge in [-0.05, 0) is 42.0 Å². The van der Waals surface area contributed by atoms with Gasteiger partial charge in [0, 0.05) is 31.9 Å². The zero-order chi connectivity index (χ0) is 23.9. The van der Waals surface area contributed by atoms with E-state index in [0.29, 0.717) is 42.9 Å². The molecule has 2 aliphatic heterocycles. The number of nitrogens with one attached hydrogen (secondary N) is 1. The van der Waals surface area contributed by atoms with E-state index in [9.17, 15) is 9.59 Å². The number of ether oxygens (including phenoxy) is 2. The lowest BCUT2D eigenvalue weighted by molar-refractivity contribution is -0.131. The van der Waals surface area contributed by atoms with Gasteiger partial charge in [0.05, 0.1) is 33.3 Å². The van der Waals surface area contributed by atoms with Crippen LogP contribution in [0, 0.1) is 0 Å². The van der Waals surface area contributed by atoms with Gasteiger partial charge in [0.1, 0.15) is 11.8 Å². The molecule has 9 heteroatoms. The average molecular weight is 483 g/mol. The van der Waals surface area contributed by atoms with Crippen molar-refractivity contribution in [2.24, 2.45) is 0 Å². The summed E-state index contributed by atoms with van der Waals surface area (Å²) >= 11 is 5.73. The van der Waals surface area contributed by atoms with E-state index in [0.717, 1.165) is 25.2 Å². The number of anilines is 1. The van der Waals surface area contributed by atoms with Crippen LogP contribution < -0.4 is 10.1 Å². The van der Waals surface area contributed by atoms with E-state index >= 15 is 0 Å². The molecule has 0 unspecified atom stereocenters. The summed E-state index contributed by atoms with van der Waals surface area (Å²) in [6, 6.07) is 16.2. The topological polar surface area (TPSA) is 74.4 Å². The minimum atomic E-state index is -0.629. The third kappa shape index (κ3) is 5.91. The van der Waals surface area contributed by atoms with Crippen molar-refractivity contribution in [3.05, 3.63) is 60.2 Å². The predicted octanol–water partition coefficient (Wildman–Crippen LogP) is 2.35. The molecule has 2 aromatic carbocycles. The summed E-state index contributed by atoms with van der Waals surface area (Å²) in [5.74, 6) is 0.338. The third-order valence-corrected chi connectivity index (χ3v) is 6.56. The largest absolute Gasteiger partial charge is 0.497 e. The molecule has 34 heavy (non-hydrogen) atoms. The fraction of sp³-hybridized carbons (Fsp3) is 0.400. The van der Waals surface area contributed by atoms with Crippen molar-refractivity contribution in [2.45, 2.75) is 19.0 Å². The van der Waals surface area contributed by atoms with Gasteiger partial charge >= 0.3 is 0 Å². The Kier molecular flexibility index (Phi) is 8.10. The Hall–Kier alpha value is -3.01. The van der Waals surface area contributed by atoms with Gasteiger partial charge in [-0.15, -0.1) is 0 Å². The quantitative estimate of drug-likeness (QED) is 0.550. The molecule has 0 bridgehead atoms. The molecule has 0 radical (unpaired) electrons. The first-order chi connectivity index (χ1) is 16.5. The molecule has 2 heterocycles. The molecule has 2 aromatic rings. The van der Waals surface area contributed by atoms with E-state index < -0.39 is 6.04 Å². The molecule has 0 saturated carbocycles. The van der Waals surface area contributed by atoms with E-state index in [1.807, 2.05) is 35.2 Å². The SMILES string of the molecule is COc1ccc(NC(=O)C[C@@H]2C(=O)N(Cc3ccccc3)C(=S)N2CCN2CCOCC2)cc1. The lowest BCUT2D eigenvalue weighted by Crippen LogP contribution is -2.45. The second-order valence-corrected chi connectivity index (χ2v) is 8.70. The van der Waals surface area contributed by atoms with Crippen LogP contribution in [0.5, 0.6) is 5.75 Å². The average Bonchev–Trinajstić information content (AvgIpc) is 3.08. The van der Waals surface area contributed by atoms with Gasteiger partial charge in [0.2, 0.25) is 5.91 Å². The minimum Gasteiger partial charge on any atom is -0.497 e. The Bertz CT molecular complexity index is 996. The van der Waals surface area contributed by atoms with Gasteiger partial charge in [-0.2, -0.15) is 0 Å². The molecular weight excluding hydrogens is 452 g/mol. The Morgan fingerprint density at radius 3 is 2.47 bits per heavy atom. The van der Waals surface area contributed by atoms with E-state index in [-0.39, 0.29) is 18.2 Å². The van der Waals surface area contributed by atoms with Gasteiger partial charge < -0.3 is 19.7 Å². The Labute approximate surface area is 205 Å². The van der Waals surface area contributed by atoms with Crippen LogP contribution in [0.4, 0.5) is 5.69 Å². The summed E-state index contributed by atoms with van der Waals surface area (Å²) in [4.78, 5) is 32.1. The van der Waals surface area contributed by atoms with Crippen LogP contribution in [0.15, 0.2) is 54.6 Å². The first kappa shape index (κ1) is 24.1. The van der Waals surface area contributed by atoms with Crippen molar-refractivity contribution in [3.8, 4) is 5.75 Å². The molecule has 2 aliphatic rings. The van der Waals surface area contributed by atoms with Gasteiger partial charge in [-0.1, -0.05) is 30.3 Å². The number of hydrogen-bond acceptors (Lipinski definition) is 6. The number of carbonyl (C=O) groups excluding carboxylic acids is 2. The fourth-order valence-electron chi connectivity index (χ4n) is 4.19. The minimum absolute atomic E-state index is 0.0272. The maximum atomic E-state index is 13.4. The van der Waals surface area contributed by atoms with Crippen LogP contribution in [0.2, 0.25) is 0 Å². The monoisotopic (exact) mass is 482 g/mol. The van der Waals surface area contributed by atoms with Crippen molar-refractivity contribution in [1.82, 2.24) is 14.7 Å². The maximum Gasteiger partial charge on any atom is 0.252 e. The summed E-state index contributed by atoms with van der Waals surface area (Å²) in [6.07, 6.45) is 0.0272. The van der Waals surface area contributed by atoms with Crippen molar-refractivity contribution >= 4 is 34.8 Å². The molecule has 180 valence electrons. The highest BCUT2D eigenvalue weighted by Gasteiger charge is 2.43. The van der Waals surface area contributed by atoms with Gasteiger partial charge in [0.15, 0.2) is 5.11 Å².